The number of fused-ring (bicyclic) bond motifs is 2. The van der Waals surface area contributed by atoms with E-state index in [1.54, 1.807) is 17.8 Å². The van der Waals surface area contributed by atoms with Crippen molar-refractivity contribution >= 4 is 17.3 Å². The molecule has 0 bridgehead atoms. The standard InChI is InChI=1S/C26H30FNO2S.H2O/c1-31-21-7-9-24-23(15-21)26(22-8-4-19(27)14-25(22)30-24)18-10-12-28(13-11-18)16-17-2-5-20(29)6-3-17;/h4,7-9,14-15,17,20,29H,2-3,5-6,10-13,16H2,1H3;1H2. The van der Waals surface area contributed by atoms with Gasteiger partial charge in [-0.1, -0.05) is 5.57 Å². The monoisotopic (exact) mass is 457 g/mol. The molecule has 0 amide bonds. The van der Waals surface area contributed by atoms with Gasteiger partial charge in [0.1, 0.15) is 17.3 Å². The van der Waals surface area contributed by atoms with Gasteiger partial charge in [-0.25, -0.2) is 4.39 Å². The Kier molecular flexibility index (Phi) is 7.25. The van der Waals surface area contributed by atoms with Crippen LogP contribution in [0.3, 0.4) is 0 Å². The number of aliphatic hydroxyl groups is 1. The molecule has 2 heterocycles. The number of rotatable bonds is 3. The van der Waals surface area contributed by atoms with Gasteiger partial charge < -0.3 is 20.2 Å². The maximum atomic E-state index is 13.9. The van der Waals surface area contributed by atoms with Gasteiger partial charge in [0.2, 0.25) is 0 Å². The molecule has 3 aliphatic rings. The van der Waals surface area contributed by atoms with Crippen molar-refractivity contribution in [2.45, 2.75) is 49.5 Å². The van der Waals surface area contributed by atoms with Gasteiger partial charge in [-0.05, 0) is 86.6 Å². The molecule has 32 heavy (non-hydrogen) atoms. The predicted octanol–water partition coefficient (Wildman–Crippen LogP) is 5.28. The third-order valence-electron chi connectivity index (χ3n) is 7.03. The minimum atomic E-state index is -0.264. The lowest BCUT2D eigenvalue weighted by molar-refractivity contribution is 0.0923. The molecule has 5 rings (SSSR count). The van der Waals surface area contributed by atoms with Crippen molar-refractivity contribution in [3.05, 3.63) is 58.9 Å². The van der Waals surface area contributed by atoms with Gasteiger partial charge in [-0.2, -0.15) is 0 Å². The largest absolute Gasteiger partial charge is 0.456 e. The summed E-state index contributed by atoms with van der Waals surface area (Å²) in [6, 6.07) is 11.2. The Balaban J connectivity index is 0.00000245. The third-order valence-corrected chi connectivity index (χ3v) is 7.76. The summed E-state index contributed by atoms with van der Waals surface area (Å²) in [7, 11) is 0. The molecule has 0 spiro atoms. The van der Waals surface area contributed by atoms with E-state index in [0.29, 0.717) is 11.7 Å². The molecule has 1 saturated heterocycles. The van der Waals surface area contributed by atoms with Crippen LogP contribution in [0.1, 0.15) is 49.7 Å². The molecule has 172 valence electrons. The lowest BCUT2D eigenvalue weighted by Gasteiger charge is -2.35. The number of aliphatic hydroxyl groups excluding tert-OH is 1. The van der Waals surface area contributed by atoms with Gasteiger partial charge >= 0.3 is 0 Å². The number of halogens is 1. The van der Waals surface area contributed by atoms with Crippen LogP contribution < -0.4 is 4.74 Å². The maximum Gasteiger partial charge on any atom is 0.138 e. The summed E-state index contributed by atoms with van der Waals surface area (Å²) in [5, 5.41) is 9.77. The van der Waals surface area contributed by atoms with Gasteiger partial charge in [0.15, 0.2) is 0 Å². The molecular weight excluding hydrogens is 425 g/mol. The van der Waals surface area contributed by atoms with E-state index in [9.17, 15) is 9.50 Å². The zero-order chi connectivity index (χ0) is 21.4. The molecule has 3 N–H and O–H groups in total. The summed E-state index contributed by atoms with van der Waals surface area (Å²) >= 11 is 1.73. The van der Waals surface area contributed by atoms with Crippen LogP contribution in [0.2, 0.25) is 0 Å². The fraction of sp³-hybridized carbons (Fsp3) is 0.462. The average Bonchev–Trinajstić information content (AvgIpc) is 2.79. The second-order valence-corrected chi connectivity index (χ2v) is 9.94. The second-order valence-electron chi connectivity index (χ2n) is 9.06. The number of hydrogen-bond donors (Lipinski definition) is 1. The lowest BCUT2D eigenvalue weighted by Crippen LogP contribution is -2.36. The first-order chi connectivity index (χ1) is 15.1. The van der Waals surface area contributed by atoms with Crippen molar-refractivity contribution in [2.75, 3.05) is 25.9 Å². The number of likely N-dealkylation sites (tertiary alicyclic amines) is 1. The van der Waals surface area contributed by atoms with Gasteiger partial charge in [0.05, 0.1) is 6.10 Å². The first kappa shape index (κ1) is 23.3. The number of hydrogen-bond acceptors (Lipinski definition) is 4. The van der Waals surface area contributed by atoms with Crippen LogP contribution in [0.25, 0.3) is 5.57 Å². The van der Waals surface area contributed by atoms with E-state index >= 15 is 0 Å². The zero-order valence-electron chi connectivity index (χ0n) is 18.6. The summed E-state index contributed by atoms with van der Waals surface area (Å²) in [5.74, 6) is 1.89. The van der Waals surface area contributed by atoms with Crippen molar-refractivity contribution in [1.82, 2.24) is 4.90 Å². The Labute approximate surface area is 193 Å². The highest BCUT2D eigenvalue weighted by Crippen LogP contribution is 2.47. The molecule has 0 unspecified atom stereocenters. The summed E-state index contributed by atoms with van der Waals surface area (Å²) in [6.07, 6.45) is 8.27. The van der Waals surface area contributed by atoms with Gasteiger partial charge in [0, 0.05) is 41.7 Å². The van der Waals surface area contributed by atoms with Crippen LogP contribution in [0.5, 0.6) is 11.5 Å². The minimum absolute atomic E-state index is 0. The second kappa shape index (κ2) is 9.96. The van der Waals surface area contributed by atoms with E-state index < -0.39 is 0 Å². The Bertz CT molecular complexity index is 991. The van der Waals surface area contributed by atoms with Crippen LogP contribution in [0.15, 0.2) is 46.9 Å². The van der Waals surface area contributed by atoms with Gasteiger partial charge in [0.25, 0.3) is 0 Å². The number of ether oxygens (including phenoxy) is 1. The minimum Gasteiger partial charge on any atom is -0.456 e. The first-order valence-electron chi connectivity index (χ1n) is 11.4. The Morgan fingerprint density at radius 1 is 1.00 bits per heavy atom. The maximum absolute atomic E-state index is 13.9. The molecule has 2 aromatic rings. The lowest BCUT2D eigenvalue weighted by atomic mass is 9.84. The summed E-state index contributed by atoms with van der Waals surface area (Å²) < 4.78 is 20.0. The van der Waals surface area contributed by atoms with E-state index in [4.69, 9.17) is 4.74 Å². The molecule has 0 aromatic heterocycles. The third kappa shape index (κ3) is 4.74. The number of thioether (sulfide) groups is 1. The fourth-order valence-electron chi connectivity index (χ4n) is 5.30. The normalized spacial score (nSPS) is 23.1. The highest BCUT2D eigenvalue weighted by Gasteiger charge is 2.28. The Hall–Kier alpha value is -1.86. The van der Waals surface area contributed by atoms with Gasteiger partial charge in [-0.15, -0.1) is 11.8 Å². The van der Waals surface area contributed by atoms with Crippen LogP contribution in [-0.4, -0.2) is 47.5 Å². The van der Waals surface area contributed by atoms with E-state index in [1.807, 2.05) is 12.1 Å². The van der Waals surface area contributed by atoms with E-state index in [0.717, 1.165) is 75.0 Å². The summed E-state index contributed by atoms with van der Waals surface area (Å²) in [5.41, 5.74) is 4.84. The quantitative estimate of drug-likeness (QED) is 0.544. The highest BCUT2D eigenvalue weighted by molar-refractivity contribution is 7.98. The van der Waals surface area contributed by atoms with Crippen molar-refractivity contribution in [3.8, 4) is 11.5 Å². The molecule has 4 nitrogen and oxygen atoms in total. The number of nitrogens with zero attached hydrogens (tertiary/aromatic N) is 1. The molecule has 1 saturated carbocycles. The molecular formula is C26H32FNO3S. The smallest absolute Gasteiger partial charge is 0.138 e. The number of benzene rings is 2. The predicted molar refractivity (Wildman–Crippen MR) is 128 cm³/mol. The van der Waals surface area contributed by atoms with Gasteiger partial charge in [-0.3, -0.25) is 0 Å². The first-order valence-corrected chi connectivity index (χ1v) is 12.6. The van der Waals surface area contributed by atoms with Crippen molar-refractivity contribution in [3.63, 3.8) is 0 Å². The molecule has 2 fully saturated rings. The zero-order valence-corrected chi connectivity index (χ0v) is 19.4. The molecule has 0 atom stereocenters. The molecule has 0 radical (unpaired) electrons. The van der Waals surface area contributed by atoms with Crippen LogP contribution in [0.4, 0.5) is 4.39 Å². The average molecular weight is 458 g/mol. The van der Waals surface area contributed by atoms with Crippen LogP contribution >= 0.6 is 11.8 Å². The number of piperidine rings is 1. The highest BCUT2D eigenvalue weighted by atomic mass is 32.2. The molecule has 1 aliphatic carbocycles. The topological polar surface area (TPSA) is 64.2 Å². The Morgan fingerprint density at radius 2 is 1.75 bits per heavy atom. The summed E-state index contributed by atoms with van der Waals surface area (Å²) in [4.78, 5) is 3.80. The molecule has 2 aromatic carbocycles. The Morgan fingerprint density at radius 3 is 2.47 bits per heavy atom. The van der Waals surface area contributed by atoms with E-state index in [1.165, 1.54) is 22.1 Å². The molecule has 6 heteroatoms. The SMILES string of the molecule is CSc1ccc2c(c1)C(=C1CCN(CC3CCC(O)CC3)CC1)c1ccc(F)cc1O2.O. The van der Waals surface area contributed by atoms with Crippen molar-refractivity contribution in [1.29, 1.82) is 0 Å². The van der Waals surface area contributed by atoms with Crippen molar-refractivity contribution in [2.24, 2.45) is 5.92 Å². The van der Waals surface area contributed by atoms with Crippen LogP contribution in [-0.2, 0) is 0 Å². The van der Waals surface area contributed by atoms with E-state index in [2.05, 4.69) is 23.3 Å². The fourth-order valence-corrected chi connectivity index (χ4v) is 5.74. The van der Waals surface area contributed by atoms with Crippen molar-refractivity contribution < 1.29 is 19.7 Å². The van der Waals surface area contributed by atoms with Crippen LogP contribution in [0, 0.1) is 11.7 Å². The summed E-state index contributed by atoms with van der Waals surface area (Å²) in [6.45, 7) is 3.27. The van der Waals surface area contributed by atoms with E-state index in [-0.39, 0.29) is 17.4 Å². The molecule has 2 aliphatic heterocycles.